The van der Waals surface area contributed by atoms with E-state index >= 15 is 0 Å². The Morgan fingerprint density at radius 3 is 2.17 bits per heavy atom. The quantitative estimate of drug-likeness (QED) is 0.499. The van der Waals surface area contributed by atoms with E-state index in [0.717, 1.165) is 24.8 Å². The number of unbranched alkanes of at least 4 members (excludes halogenated alkanes) is 1. The molecule has 0 saturated heterocycles. The average Bonchev–Trinajstić information content (AvgIpc) is 2.49. The third-order valence-corrected chi connectivity index (χ3v) is 5.50. The summed E-state index contributed by atoms with van der Waals surface area (Å²) in [5, 5.41) is 9.03. The number of hydrogen-bond donors (Lipinski definition) is 2. The first kappa shape index (κ1) is 21.0. The average molecular weight is 354 g/mol. The van der Waals surface area contributed by atoms with Crippen LogP contribution < -0.4 is 4.72 Å². The highest BCUT2D eigenvalue weighted by Crippen LogP contribution is 2.25. The Hall–Kier alpha value is -1.04. The van der Waals surface area contributed by atoms with Crippen molar-refractivity contribution in [3.8, 4) is 0 Å². The molecule has 0 aromatic heterocycles. The van der Waals surface area contributed by atoms with Gasteiger partial charge in [0.25, 0.3) is 0 Å². The van der Waals surface area contributed by atoms with Gasteiger partial charge in [0.2, 0.25) is 0 Å². The number of hydrogen-bond acceptors (Lipinski definition) is 3. The minimum atomic E-state index is -1.16. The van der Waals surface area contributed by atoms with Crippen LogP contribution in [0.2, 0.25) is 0 Å². The van der Waals surface area contributed by atoms with E-state index in [4.69, 9.17) is 5.11 Å². The molecule has 0 fully saturated rings. The van der Waals surface area contributed by atoms with Crippen LogP contribution >= 0.6 is 0 Å². The molecule has 0 aliphatic rings. The maximum Gasteiger partial charge on any atom is 0.335 e. The lowest BCUT2D eigenvalue weighted by atomic mass is 9.98. The van der Waals surface area contributed by atoms with E-state index in [-0.39, 0.29) is 16.4 Å². The van der Waals surface area contributed by atoms with Crippen molar-refractivity contribution in [3.05, 3.63) is 35.4 Å². The normalized spacial score (nSPS) is 14.6. The maximum absolute atomic E-state index is 12.5. The van der Waals surface area contributed by atoms with Gasteiger partial charge in [0, 0.05) is 11.4 Å². The van der Waals surface area contributed by atoms with Crippen LogP contribution in [0.1, 0.15) is 82.3 Å². The number of carboxylic acids is 1. The number of aromatic carboxylic acids is 1. The van der Waals surface area contributed by atoms with E-state index in [1.165, 1.54) is 6.42 Å². The molecule has 2 N–H and O–H groups in total. The Morgan fingerprint density at radius 1 is 1.17 bits per heavy atom. The number of rotatable bonds is 9. The maximum atomic E-state index is 12.5. The van der Waals surface area contributed by atoms with Crippen LogP contribution in [0.15, 0.2) is 24.3 Å². The molecule has 0 bridgehead atoms. The van der Waals surface area contributed by atoms with E-state index in [1.807, 2.05) is 32.9 Å². The van der Waals surface area contributed by atoms with E-state index in [0.29, 0.717) is 5.92 Å². The SMILES string of the molecule is CC(C)CCCC[C@@H](N[S+]([O-])C(C)(C)C)c1ccc(C(=O)O)cc1. The van der Waals surface area contributed by atoms with E-state index in [2.05, 4.69) is 18.6 Å². The second-order valence-corrected chi connectivity index (χ2v) is 9.65. The smallest absolute Gasteiger partial charge is 0.335 e. The van der Waals surface area contributed by atoms with Crippen LogP contribution in [-0.2, 0) is 11.4 Å². The van der Waals surface area contributed by atoms with Gasteiger partial charge in [0.1, 0.15) is 4.75 Å². The van der Waals surface area contributed by atoms with Crippen molar-refractivity contribution < 1.29 is 14.5 Å². The molecule has 1 rings (SSSR count). The van der Waals surface area contributed by atoms with Gasteiger partial charge >= 0.3 is 5.97 Å². The van der Waals surface area contributed by atoms with Gasteiger partial charge in [-0.25, -0.2) is 4.79 Å². The van der Waals surface area contributed by atoms with Gasteiger partial charge in [-0.3, -0.25) is 0 Å². The number of carbonyl (C=O) groups is 1. The standard InChI is InChI=1S/C19H31NO3S/c1-14(2)8-6-7-9-17(20-24(23)19(3,4)5)15-10-12-16(13-11-15)18(21)22/h10-14,17,20H,6-9H2,1-5H3,(H,21,22)/t17-,24?/m1/s1. The molecule has 2 atom stereocenters. The molecule has 5 heteroatoms. The van der Waals surface area contributed by atoms with Crippen molar-refractivity contribution in [2.75, 3.05) is 0 Å². The zero-order valence-electron chi connectivity index (χ0n) is 15.5. The van der Waals surface area contributed by atoms with Gasteiger partial charge in [-0.15, -0.1) is 4.72 Å². The van der Waals surface area contributed by atoms with E-state index in [9.17, 15) is 9.35 Å². The second-order valence-electron chi connectivity index (χ2n) is 7.66. The van der Waals surface area contributed by atoms with Gasteiger partial charge in [0.15, 0.2) is 0 Å². The Labute approximate surface area is 149 Å². The summed E-state index contributed by atoms with van der Waals surface area (Å²) in [5.41, 5.74) is 1.26. The molecule has 0 saturated carbocycles. The highest BCUT2D eigenvalue weighted by atomic mass is 32.2. The third kappa shape index (κ3) is 7.24. The lowest BCUT2D eigenvalue weighted by Gasteiger charge is -2.28. The molecular formula is C19H31NO3S. The topological polar surface area (TPSA) is 72.4 Å². The minimum absolute atomic E-state index is 0.0277. The van der Waals surface area contributed by atoms with Gasteiger partial charge < -0.3 is 9.66 Å². The summed E-state index contributed by atoms with van der Waals surface area (Å²) in [7, 11) is 0. The Bertz CT molecular complexity index is 508. The highest BCUT2D eigenvalue weighted by molar-refractivity contribution is 7.90. The summed E-state index contributed by atoms with van der Waals surface area (Å²) in [6, 6.07) is 6.84. The Kier molecular flexibility index (Phi) is 8.27. The zero-order chi connectivity index (χ0) is 18.3. The molecule has 136 valence electrons. The monoisotopic (exact) mass is 353 g/mol. The molecule has 0 spiro atoms. The molecule has 1 unspecified atom stereocenters. The first-order valence-electron chi connectivity index (χ1n) is 8.62. The molecular weight excluding hydrogens is 322 g/mol. The predicted molar refractivity (Wildman–Crippen MR) is 100 cm³/mol. The fraction of sp³-hybridized carbons (Fsp3) is 0.632. The van der Waals surface area contributed by atoms with Gasteiger partial charge in [-0.2, -0.15) is 0 Å². The van der Waals surface area contributed by atoms with Gasteiger partial charge in [-0.1, -0.05) is 45.2 Å². The summed E-state index contributed by atoms with van der Waals surface area (Å²) in [5.74, 6) is -0.240. The van der Waals surface area contributed by atoms with Gasteiger partial charge in [-0.05, 0) is 50.8 Å². The first-order valence-corrected chi connectivity index (χ1v) is 9.77. The fourth-order valence-corrected chi connectivity index (χ4v) is 3.22. The third-order valence-electron chi connectivity index (χ3n) is 3.89. The summed E-state index contributed by atoms with van der Waals surface area (Å²) in [6.45, 7) is 10.3. The molecule has 0 radical (unpaired) electrons. The summed E-state index contributed by atoms with van der Waals surface area (Å²) >= 11 is -1.16. The second kappa shape index (κ2) is 9.44. The van der Waals surface area contributed by atoms with Crippen molar-refractivity contribution in [2.45, 2.75) is 71.1 Å². The molecule has 0 heterocycles. The van der Waals surface area contributed by atoms with Gasteiger partial charge in [0.05, 0.1) is 11.6 Å². The van der Waals surface area contributed by atoms with Crippen LogP contribution in [0.3, 0.4) is 0 Å². The number of nitrogens with one attached hydrogen (secondary N) is 1. The van der Waals surface area contributed by atoms with E-state index < -0.39 is 17.3 Å². The lowest BCUT2D eigenvalue weighted by Crippen LogP contribution is -2.41. The molecule has 1 aromatic carbocycles. The number of carboxylic acid groups (broad SMARTS) is 1. The Balaban J connectivity index is 2.81. The van der Waals surface area contributed by atoms with Crippen LogP contribution in [0.25, 0.3) is 0 Å². The molecule has 0 amide bonds. The first-order chi connectivity index (χ1) is 11.1. The van der Waals surface area contributed by atoms with Crippen molar-refractivity contribution in [1.29, 1.82) is 0 Å². The number of benzene rings is 1. The van der Waals surface area contributed by atoms with Crippen LogP contribution in [0.4, 0.5) is 0 Å². The fourth-order valence-electron chi connectivity index (χ4n) is 2.36. The van der Waals surface area contributed by atoms with Crippen molar-refractivity contribution in [1.82, 2.24) is 4.72 Å². The van der Waals surface area contributed by atoms with Crippen LogP contribution in [0, 0.1) is 5.92 Å². The molecule has 0 aliphatic heterocycles. The summed E-state index contributed by atoms with van der Waals surface area (Å²) in [6.07, 6.45) is 4.27. The largest absolute Gasteiger partial charge is 0.598 e. The minimum Gasteiger partial charge on any atom is -0.598 e. The zero-order valence-corrected chi connectivity index (χ0v) is 16.3. The molecule has 24 heavy (non-hydrogen) atoms. The van der Waals surface area contributed by atoms with Crippen molar-refractivity contribution in [2.24, 2.45) is 5.92 Å². The van der Waals surface area contributed by atoms with Crippen molar-refractivity contribution in [3.63, 3.8) is 0 Å². The Morgan fingerprint density at radius 2 is 1.71 bits per heavy atom. The predicted octanol–water partition coefficient (Wildman–Crippen LogP) is 4.69. The summed E-state index contributed by atoms with van der Waals surface area (Å²) in [4.78, 5) is 11.0. The lowest BCUT2D eigenvalue weighted by molar-refractivity contribution is 0.0697. The summed E-state index contributed by atoms with van der Waals surface area (Å²) < 4.78 is 15.4. The van der Waals surface area contributed by atoms with Crippen molar-refractivity contribution >= 4 is 17.3 Å². The van der Waals surface area contributed by atoms with Crippen LogP contribution in [-0.4, -0.2) is 20.4 Å². The van der Waals surface area contributed by atoms with E-state index in [1.54, 1.807) is 12.1 Å². The van der Waals surface area contributed by atoms with Crippen LogP contribution in [0.5, 0.6) is 0 Å². The molecule has 0 aliphatic carbocycles. The molecule has 1 aromatic rings. The highest BCUT2D eigenvalue weighted by Gasteiger charge is 2.29. The molecule has 4 nitrogen and oxygen atoms in total.